The Morgan fingerprint density at radius 1 is 0.905 bits per heavy atom. The normalized spacial score (nSPS) is 23.5. The van der Waals surface area contributed by atoms with Crippen molar-refractivity contribution in [2.75, 3.05) is 19.6 Å². The van der Waals surface area contributed by atoms with Crippen LogP contribution in [-0.2, 0) is 27.4 Å². The maximum atomic E-state index is 12.0. The van der Waals surface area contributed by atoms with Gasteiger partial charge >= 0.3 is 0 Å². The standard InChI is InChI=1S/C33H37Cl3N2O4/c1-22-29(20-38-15-3-2-4-16-38)41-31(42-30(22)25-13-11-23(21-39)12-14-25)28-10-6-9-27(18-28)26-8-5-7-24(17-26)19-37-32(40)33(34,35)36/h5-14,17-18,22,29-31,39H,2-4,15-16,19-21H2,1H3,(H,37,40)/t22-,29+,30+,31+/m1/s1. The molecule has 0 aromatic heterocycles. The van der Waals surface area contributed by atoms with Gasteiger partial charge in [0.1, 0.15) is 0 Å². The minimum Gasteiger partial charge on any atom is -0.392 e. The van der Waals surface area contributed by atoms with Crippen LogP contribution in [0.2, 0.25) is 0 Å². The van der Waals surface area contributed by atoms with Crippen LogP contribution in [-0.4, -0.2) is 45.4 Å². The molecule has 0 bridgehead atoms. The van der Waals surface area contributed by atoms with Crippen LogP contribution >= 0.6 is 34.8 Å². The van der Waals surface area contributed by atoms with Gasteiger partial charge in [-0.25, -0.2) is 0 Å². The quantitative estimate of drug-likeness (QED) is 0.259. The molecular formula is C33H37Cl3N2O4. The summed E-state index contributed by atoms with van der Waals surface area (Å²) in [5.74, 6) is -0.522. The summed E-state index contributed by atoms with van der Waals surface area (Å²) in [5, 5.41) is 12.2. The lowest BCUT2D eigenvalue weighted by molar-refractivity contribution is -0.276. The Labute approximate surface area is 262 Å². The van der Waals surface area contributed by atoms with E-state index in [0.29, 0.717) is 0 Å². The zero-order chi connectivity index (χ0) is 29.7. The van der Waals surface area contributed by atoms with Crippen molar-refractivity contribution in [3.05, 3.63) is 95.1 Å². The zero-order valence-corrected chi connectivity index (χ0v) is 25.9. The first kappa shape index (κ1) is 31.3. The molecule has 2 saturated heterocycles. The molecule has 224 valence electrons. The fourth-order valence-corrected chi connectivity index (χ4v) is 5.93. The lowest BCUT2D eigenvalue weighted by atomic mass is 9.89. The van der Waals surface area contributed by atoms with Gasteiger partial charge in [0.2, 0.25) is 0 Å². The first-order valence-corrected chi connectivity index (χ1v) is 15.6. The number of aliphatic hydroxyl groups is 1. The molecule has 1 amide bonds. The first-order chi connectivity index (χ1) is 20.2. The Balaban J connectivity index is 1.38. The van der Waals surface area contributed by atoms with E-state index in [4.69, 9.17) is 44.3 Å². The van der Waals surface area contributed by atoms with E-state index >= 15 is 0 Å². The topological polar surface area (TPSA) is 71.0 Å². The summed E-state index contributed by atoms with van der Waals surface area (Å²) in [4.78, 5) is 14.5. The number of rotatable bonds is 8. The number of alkyl halides is 3. The number of aliphatic hydroxyl groups excluding tert-OH is 1. The van der Waals surface area contributed by atoms with Gasteiger partial charge in [-0.3, -0.25) is 4.79 Å². The molecular weight excluding hydrogens is 595 g/mol. The fraction of sp³-hybridized carbons (Fsp3) is 0.424. The van der Waals surface area contributed by atoms with Gasteiger partial charge in [0, 0.05) is 24.6 Å². The van der Waals surface area contributed by atoms with Crippen LogP contribution in [0.5, 0.6) is 0 Å². The smallest absolute Gasteiger partial charge is 0.272 e. The van der Waals surface area contributed by atoms with Gasteiger partial charge in [-0.15, -0.1) is 0 Å². The molecule has 4 atom stereocenters. The molecule has 3 aromatic carbocycles. The zero-order valence-electron chi connectivity index (χ0n) is 23.6. The van der Waals surface area contributed by atoms with Gasteiger partial charge in [0.25, 0.3) is 9.70 Å². The molecule has 2 aliphatic rings. The SMILES string of the molecule is C[C@@H]1[C@H](CN2CCCCC2)O[C@H](c2cccc(-c3cccc(CNC(=O)C(Cl)(Cl)Cl)c3)c2)O[C@@H]1c1ccc(CO)cc1. The number of ether oxygens (including phenoxy) is 2. The molecule has 2 aliphatic heterocycles. The number of benzene rings is 3. The third kappa shape index (κ3) is 7.86. The second kappa shape index (κ2) is 14.1. The molecule has 0 aliphatic carbocycles. The molecule has 0 radical (unpaired) electrons. The number of likely N-dealkylation sites (tertiary alicyclic amines) is 1. The first-order valence-electron chi connectivity index (χ1n) is 14.5. The summed E-state index contributed by atoms with van der Waals surface area (Å²) >= 11 is 17.1. The monoisotopic (exact) mass is 630 g/mol. The highest BCUT2D eigenvalue weighted by Crippen LogP contribution is 2.42. The van der Waals surface area contributed by atoms with Crippen LogP contribution in [0.15, 0.2) is 72.8 Å². The Hall–Kier alpha value is -2.16. The molecule has 5 rings (SSSR count). The average Bonchev–Trinajstić information content (AvgIpc) is 3.01. The van der Waals surface area contributed by atoms with Crippen LogP contribution in [0, 0.1) is 5.92 Å². The number of hydrogen-bond acceptors (Lipinski definition) is 5. The number of piperidine rings is 1. The van der Waals surface area contributed by atoms with Crippen molar-refractivity contribution in [1.82, 2.24) is 10.2 Å². The molecule has 3 aromatic rings. The van der Waals surface area contributed by atoms with E-state index in [0.717, 1.165) is 53.0 Å². The van der Waals surface area contributed by atoms with Gasteiger partial charge in [-0.2, -0.15) is 0 Å². The van der Waals surface area contributed by atoms with E-state index in [1.807, 2.05) is 54.6 Å². The third-order valence-corrected chi connectivity index (χ3v) is 8.65. The minimum atomic E-state index is -2.01. The van der Waals surface area contributed by atoms with E-state index < -0.39 is 16.0 Å². The van der Waals surface area contributed by atoms with Crippen molar-refractivity contribution in [2.45, 2.75) is 61.6 Å². The molecule has 0 unspecified atom stereocenters. The number of amides is 1. The Kier molecular flexibility index (Phi) is 10.5. The minimum absolute atomic E-state index is 0.00196. The Morgan fingerprint density at radius 3 is 2.29 bits per heavy atom. The highest BCUT2D eigenvalue weighted by molar-refractivity contribution is 6.76. The van der Waals surface area contributed by atoms with E-state index in [1.165, 1.54) is 19.3 Å². The van der Waals surface area contributed by atoms with Crippen molar-refractivity contribution >= 4 is 40.7 Å². The number of nitrogens with one attached hydrogen (secondary N) is 1. The predicted octanol–water partition coefficient (Wildman–Crippen LogP) is 7.11. The molecule has 2 N–H and O–H groups in total. The van der Waals surface area contributed by atoms with Gasteiger partial charge in [-0.1, -0.05) is 109 Å². The van der Waals surface area contributed by atoms with E-state index in [-0.39, 0.29) is 31.3 Å². The summed E-state index contributed by atoms with van der Waals surface area (Å²) < 4.78 is 11.4. The van der Waals surface area contributed by atoms with Crippen LogP contribution in [0.4, 0.5) is 0 Å². The van der Waals surface area contributed by atoms with Crippen molar-refractivity contribution in [2.24, 2.45) is 5.92 Å². The molecule has 0 saturated carbocycles. The maximum absolute atomic E-state index is 12.0. The number of halogens is 3. The fourth-order valence-electron chi connectivity index (χ4n) is 5.73. The molecule has 0 spiro atoms. The number of carbonyl (C=O) groups excluding carboxylic acids is 1. The second-order valence-electron chi connectivity index (χ2n) is 11.2. The van der Waals surface area contributed by atoms with Crippen LogP contribution < -0.4 is 5.32 Å². The largest absolute Gasteiger partial charge is 0.392 e. The summed E-state index contributed by atoms with van der Waals surface area (Å²) in [6.45, 7) is 5.52. The van der Waals surface area contributed by atoms with Crippen LogP contribution in [0.3, 0.4) is 0 Å². The molecule has 2 fully saturated rings. The second-order valence-corrected chi connectivity index (χ2v) is 13.5. The molecule has 2 heterocycles. The summed E-state index contributed by atoms with van der Waals surface area (Å²) in [5.41, 5.74) is 5.77. The summed E-state index contributed by atoms with van der Waals surface area (Å²) in [6.07, 6.45) is 3.05. The third-order valence-electron chi connectivity index (χ3n) is 8.14. The Bertz CT molecular complexity index is 1340. The lowest BCUT2D eigenvalue weighted by Gasteiger charge is -2.43. The van der Waals surface area contributed by atoms with E-state index in [9.17, 15) is 9.90 Å². The maximum Gasteiger partial charge on any atom is 0.272 e. The molecule has 6 nitrogen and oxygen atoms in total. The number of carbonyl (C=O) groups is 1. The lowest BCUT2D eigenvalue weighted by Crippen LogP contribution is -2.45. The van der Waals surface area contributed by atoms with Gasteiger partial charge in [-0.05, 0) is 65.9 Å². The van der Waals surface area contributed by atoms with Crippen LogP contribution in [0.25, 0.3) is 11.1 Å². The highest BCUT2D eigenvalue weighted by Gasteiger charge is 2.39. The molecule has 42 heavy (non-hydrogen) atoms. The van der Waals surface area contributed by atoms with Crippen molar-refractivity contribution in [3.63, 3.8) is 0 Å². The molecule has 9 heteroatoms. The predicted molar refractivity (Wildman–Crippen MR) is 167 cm³/mol. The van der Waals surface area contributed by atoms with Crippen molar-refractivity contribution in [3.8, 4) is 11.1 Å². The van der Waals surface area contributed by atoms with Gasteiger partial charge in [0.05, 0.1) is 18.8 Å². The van der Waals surface area contributed by atoms with E-state index in [2.05, 4.69) is 35.3 Å². The average molecular weight is 632 g/mol. The number of hydrogen-bond donors (Lipinski definition) is 2. The van der Waals surface area contributed by atoms with Crippen molar-refractivity contribution < 1.29 is 19.4 Å². The van der Waals surface area contributed by atoms with Crippen LogP contribution in [0.1, 0.15) is 60.8 Å². The summed E-state index contributed by atoms with van der Waals surface area (Å²) in [6, 6.07) is 24.1. The highest BCUT2D eigenvalue weighted by atomic mass is 35.6. The van der Waals surface area contributed by atoms with E-state index in [1.54, 1.807) is 0 Å². The van der Waals surface area contributed by atoms with Gasteiger partial charge < -0.3 is 24.8 Å². The summed E-state index contributed by atoms with van der Waals surface area (Å²) in [7, 11) is 0. The number of nitrogens with zero attached hydrogens (tertiary/aromatic N) is 1. The Morgan fingerprint density at radius 2 is 1.60 bits per heavy atom. The van der Waals surface area contributed by atoms with Crippen molar-refractivity contribution in [1.29, 1.82) is 0 Å². The van der Waals surface area contributed by atoms with Gasteiger partial charge in [0.15, 0.2) is 6.29 Å².